The summed E-state index contributed by atoms with van der Waals surface area (Å²) < 4.78 is 30.2. The van der Waals surface area contributed by atoms with Crippen LogP contribution in [0, 0.1) is 12.8 Å². The van der Waals surface area contributed by atoms with Gasteiger partial charge in [0.25, 0.3) is 0 Å². The molecule has 4 rings (SSSR count). The summed E-state index contributed by atoms with van der Waals surface area (Å²) in [5.41, 5.74) is 3.89. The highest BCUT2D eigenvalue weighted by Gasteiger charge is 2.31. The average molecular weight is 457 g/mol. The number of aryl methyl sites for hydroxylation is 3. The molecule has 0 aliphatic carbocycles. The molecule has 0 saturated carbocycles. The lowest BCUT2D eigenvalue weighted by atomic mass is 9.97. The molecule has 1 saturated heterocycles. The monoisotopic (exact) mass is 456 g/mol. The van der Waals surface area contributed by atoms with Gasteiger partial charge in [-0.05, 0) is 43.5 Å². The number of piperidine rings is 1. The van der Waals surface area contributed by atoms with Crippen LogP contribution < -0.4 is 11.0 Å². The Bertz CT molecular complexity index is 1310. The largest absolute Gasteiger partial charge is 0.328 e. The molecule has 1 aliphatic heterocycles. The van der Waals surface area contributed by atoms with E-state index in [0.29, 0.717) is 31.6 Å². The number of amides is 1. The lowest BCUT2D eigenvalue weighted by Gasteiger charge is -2.30. The molecule has 9 heteroatoms. The van der Waals surface area contributed by atoms with Gasteiger partial charge >= 0.3 is 5.69 Å². The lowest BCUT2D eigenvalue weighted by molar-refractivity contribution is -0.120. The van der Waals surface area contributed by atoms with Crippen LogP contribution in [0.4, 0.5) is 5.69 Å². The van der Waals surface area contributed by atoms with E-state index in [1.54, 1.807) is 35.4 Å². The van der Waals surface area contributed by atoms with Crippen molar-refractivity contribution in [3.63, 3.8) is 0 Å². The number of fused-ring (bicyclic) bond motifs is 1. The molecule has 0 radical (unpaired) electrons. The van der Waals surface area contributed by atoms with E-state index in [0.717, 1.165) is 22.2 Å². The summed E-state index contributed by atoms with van der Waals surface area (Å²) in [6.45, 7) is 2.63. The number of aromatic nitrogens is 2. The predicted molar refractivity (Wildman–Crippen MR) is 125 cm³/mol. The first-order chi connectivity index (χ1) is 15.2. The highest BCUT2D eigenvalue weighted by Crippen LogP contribution is 2.24. The van der Waals surface area contributed by atoms with Gasteiger partial charge in [-0.15, -0.1) is 0 Å². The Morgan fingerprint density at radius 3 is 2.28 bits per heavy atom. The average Bonchev–Trinajstić information content (AvgIpc) is 2.99. The van der Waals surface area contributed by atoms with E-state index in [4.69, 9.17) is 0 Å². The molecule has 1 fully saturated rings. The van der Waals surface area contributed by atoms with Crippen LogP contribution in [0.1, 0.15) is 24.0 Å². The molecule has 0 unspecified atom stereocenters. The minimum atomic E-state index is -3.42. The van der Waals surface area contributed by atoms with Gasteiger partial charge in [0.05, 0.1) is 16.8 Å². The predicted octanol–water partition coefficient (Wildman–Crippen LogP) is 2.37. The second-order valence-electron chi connectivity index (χ2n) is 8.51. The summed E-state index contributed by atoms with van der Waals surface area (Å²) in [6.07, 6.45) is 0.954. The number of hydrogen-bond donors (Lipinski definition) is 1. The van der Waals surface area contributed by atoms with Crippen LogP contribution in [0.15, 0.2) is 47.3 Å². The van der Waals surface area contributed by atoms with E-state index >= 15 is 0 Å². The Hall–Kier alpha value is -2.91. The van der Waals surface area contributed by atoms with Crippen LogP contribution in [-0.4, -0.2) is 40.9 Å². The van der Waals surface area contributed by atoms with Crippen LogP contribution >= 0.6 is 0 Å². The van der Waals surface area contributed by atoms with E-state index in [2.05, 4.69) is 5.32 Å². The third-order valence-electron chi connectivity index (χ3n) is 6.23. The lowest BCUT2D eigenvalue weighted by Crippen LogP contribution is -2.41. The number of nitrogens with one attached hydrogen (secondary N) is 1. The smallest absolute Gasteiger partial charge is 0.326 e. The molecule has 3 aromatic rings. The third kappa shape index (κ3) is 4.35. The molecule has 1 aliphatic rings. The summed E-state index contributed by atoms with van der Waals surface area (Å²) >= 11 is 0. The van der Waals surface area contributed by atoms with Gasteiger partial charge in [0.1, 0.15) is 0 Å². The van der Waals surface area contributed by atoms with E-state index in [1.165, 1.54) is 4.31 Å². The number of benzene rings is 2. The first kappa shape index (κ1) is 22.3. The topological polar surface area (TPSA) is 93.4 Å². The van der Waals surface area contributed by atoms with Crippen molar-refractivity contribution in [3.8, 4) is 0 Å². The molecule has 2 heterocycles. The zero-order valence-corrected chi connectivity index (χ0v) is 19.4. The van der Waals surface area contributed by atoms with Gasteiger partial charge in [-0.3, -0.25) is 13.9 Å². The van der Waals surface area contributed by atoms with E-state index in [1.807, 2.05) is 37.3 Å². The second-order valence-corrected chi connectivity index (χ2v) is 10.5. The summed E-state index contributed by atoms with van der Waals surface area (Å²) in [7, 11) is -0.0118. The first-order valence-corrected chi connectivity index (χ1v) is 12.3. The van der Waals surface area contributed by atoms with Gasteiger partial charge < -0.3 is 5.32 Å². The fourth-order valence-corrected chi connectivity index (χ4v) is 5.77. The summed E-state index contributed by atoms with van der Waals surface area (Å²) in [5.74, 6) is -0.406. The van der Waals surface area contributed by atoms with Gasteiger partial charge in [0, 0.05) is 38.8 Å². The Kier molecular flexibility index (Phi) is 5.96. The minimum Gasteiger partial charge on any atom is -0.326 e. The molecule has 32 heavy (non-hydrogen) atoms. The molecule has 0 atom stereocenters. The molecular formula is C23H28N4O4S. The van der Waals surface area contributed by atoms with Crippen LogP contribution in [0.25, 0.3) is 11.0 Å². The molecule has 0 spiro atoms. The maximum Gasteiger partial charge on any atom is 0.328 e. The van der Waals surface area contributed by atoms with Crippen LogP contribution in [-0.2, 0) is 34.7 Å². The second kappa shape index (κ2) is 8.55. The van der Waals surface area contributed by atoms with Crippen LogP contribution in [0.2, 0.25) is 0 Å². The Labute approximate surface area is 187 Å². The molecule has 1 amide bonds. The number of rotatable bonds is 5. The number of hydrogen-bond acceptors (Lipinski definition) is 4. The van der Waals surface area contributed by atoms with Crippen molar-refractivity contribution >= 4 is 32.7 Å². The fraction of sp³-hybridized carbons (Fsp3) is 0.391. The van der Waals surface area contributed by atoms with Crippen molar-refractivity contribution in [2.75, 3.05) is 18.4 Å². The van der Waals surface area contributed by atoms with Crippen LogP contribution in [0.3, 0.4) is 0 Å². The van der Waals surface area contributed by atoms with Crippen LogP contribution in [0.5, 0.6) is 0 Å². The zero-order chi connectivity index (χ0) is 23.0. The summed E-state index contributed by atoms with van der Waals surface area (Å²) in [5, 5.41) is 2.93. The number of carbonyl (C=O) groups is 1. The molecule has 8 nitrogen and oxygen atoms in total. The Morgan fingerprint density at radius 2 is 1.62 bits per heavy atom. The Balaban J connectivity index is 1.38. The van der Waals surface area contributed by atoms with Crippen molar-refractivity contribution in [1.29, 1.82) is 0 Å². The number of nitrogens with zero attached hydrogens (tertiary/aromatic N) is 3. The van der Waals surface area contributed by atoms with Gasteiger partial charge in [-0.1, -0.05) is 29.8 Å². The summed E-state index contributed by atoms with van der Waals surface area (Å²) in [6, 6.07) is 12.9. The van der Waals surface area contributed by atoms with Gasteiger partial charge in [0.2, 0.25) is 15.9 Å². The zero-order valence-electron chi connectivity index (χ0n) is 18.5. The van der Waals surface area contributed by atoms with Gasteiger partial charge in [0.15, 0.2) is 0 Å². The SMILES string of the molecule is Cc1ccc(CS(=O)(=O)N2CCC(C(=O)Nc3ccc4c(c3)n(C)c(=O)n4C)CC2)cc1. The molecule has 1 aromatic heterocycles. The normalized spacial score (nSPS) is 15.8. The van der Waals surface area contributed by atoms with Crippen molar-refractivity contribution in [2.45, 2.75) is 25.5 Å². The van der Waals surface area contributed by atoms with Crippen molar-refractivity contribution in [1.82, 2.24) is 13.4 Å². The molecule has 0 bridgehead atoms. The summed E-state index contributed by atoms with van der Waals surface area (Å²) in [4.78, 5) is 24.9. The van der Waals surface area contributed by atoms with Crippen molar-refractivity contribution < 1.29 is 13.2 Å². The first-order valence-electron chi connectivity index (χ1n) is 10.7. The Morgan fingerprint density at radius 1 is 1.00 bits per heavy atom. The molecule has 1 N–H and O–H groups in total. The minimum absolute atomic E-state index is 0.0278. The number of anilines is 1. The molecule has 170 valence electrons. The fourth-order valence-electron chi connectivity index (χ4n) is 4.21. The number of imidazole rings is 1. The standard InChI is InChI=1S/C23H28N4O4S/c1-16-4-6-17(7-5-16)15-32(30,31)27-12-10-18(11-13-27)22(28)24-19-8-9-20-21(14-19)26(3)23(29)25(20)2/h4-9,14,18H,10-13,15H2,1-3H3,(H,24,28). The van der Waals surface area contributed by atoms with E-state index < -0.39 is 10.0 Å². The quantitative estimate of drug-likeness (QED) is 0.638. The van der Waals surface area contributed by atoms with E-state index in [9.17, 15) is 18.0 Å². The van der Waals surface area contributed by atoms with E-state index in [-0.39, 0.29) is 23.3 Å². The van der Waals surface area contributed by atoms with Gasteiger partial charge in [-0.25, -0.2) is 17.5 Å². The maximum atomic E-state index is 12.8. The third-order valence-corrected chi connectivity index (χ3v) is 8.08. The number of carbonyl (C=O) groups excluding carboxylic acids is 1. The highest BCUT2D eigenvalue weighted by atomic mass is 32.2. The van der Waals surface area contributed by atoms with Crippen molar-refractivity contribution in [2.24, 2.45) is 20.0 Å². The van der Waals surface area contributed by atoms with Crippen molar-refractivity contribution in [3.05, 3.63) is 64.1 Å². The molecular weight excluding hydrogens is 428 g/mol. The maximum absolute atomic E-state index is 12.8. The highest BCUT2D eigenvalue weighted by molar-refractivity contribution is 7.88. The number of sulfonamides is 1. The molecule has 2 aromatic carbocycles. The van der Waals surface area contributed by atoms with Gasteiger partial charge in [-0.2, -0.15) is 0 Å².